The van der Waals surface area contributed by atoms with Crippen molar-refractivity contribution in [1.29, 1.82) is 0 Å². The lowest BCUT2D eigenvalue weighted by Crippen LogP contribution is -2.49. The maximum absolute atomic E-state index is 12.2. The summed E-state index contributed by atoms with van der Waals surface area (Å²) < 4.78 is 4.99. The van der Waals surface area contributed by atoms with Crippen molar-refractivity contribution in [3.63, 3.8) is 0 Å². The normalized spacial score (nSPS) is 12.7. The van der Waals surface area contributed by atoms with E-state index < -0.39 is 24.1 Å². The average molecular weight is 370 g/mol. The van der Waals surface area contributed by atoms with E-state index in [1.54, 1.807) is 31.2 Å². The largest absolute Gasteiger partial charge is 0.464 e. The van der Waals surface area contributed by atoms with Crippen molar-refractivity contribution in [2.45, 2.75) is 31.9 Å². The average Bonchev–Trinajstić information content (AvgIpc) is 2.70. The van der Waals surface area contributed by atoms with Crippen molar-refractivity contribution in [3.8, 4) is 0 Å². The number of hydrogen-bond donors (Lipinski definition) is 3. The fraction of sp³-hybridized carbons (Fsp3) is 0.333. The minimum Gasteiger partial charge on any atom is -0.464 e. The Morgan fingerprint density at radius 2 is 1.67 bits per heavy atom. The predicted molar refractivity (Wildman–Crippen MR) is 103 cm³/mol. The van der Waals surface area contributed by atoms with E-state index in [9.17, 15) is 14.7 Å². The van der Waals surface area contributed by atoms with Crippen LogP contribution in [0.4, 0.5) is 4.79 Å². The van der Waals surface area contributed by atoms with Gasteiger partial charge in [0.1, 0.15) is 6.10 Å². The number of rotatable bonds is 9. The van der Waals surface area contributed by atoms with Crippen molar-refractivity contribution in [1.82, 2.24) is 10.6 Å². The molecule has 0 saturated carbocycles. The van der Waals surface area contributed by atoms with Crippen LogP contribution in [0.1, 0.15) is 30.6 Å². The molecule has 0 spiro atoms. The molecule has 0 aliphatic carbocycles. The van der Waals surface area contributed by atoms with Gasteiger partial charge in [-0.2, -0.15) is 0 Å². The zero-order valence-corrected chi connectivity index (χ0v) is 15.4. The molecular weight excluding hydrogens is 344 g/mol. The van der Waals surface area contributed by atoms with Gasteiger partial charge in [-0.05, 0) is 30.9 Å². The molecule has 6 heteroatoms. The molecule has 0 radical (unpaired) electrons. The minimum atomic E-state index is -1.19. The number of aryl methyl sites for hydroxylation is 1. The van der Waals surface area contributed by atoms with Crippen molar-refractivity contribution in [2.24, 2.45) is 0 Å². The second-order valence-electron chi connectivity index (χ2n) is 6.07. The van der Waals surface area contributed by atoms with E-state index in [2.05, 4.69) is 10.6 Å². The highest BCUT2D eigenvalue weighted by atomic mass is 16.5. The van der Waals surface area contributed by atoms with Crippen LogP contribution in [0.2, 0.25) is 0 Å². The van der Waals surface area contributed by atoms with E-state index >= 15 is 0 Å². The number of ether oxygens (including phenoxy) is 1. The van der Waals surface area contributed by atoms with Crippen LogP contribution in [-0.4, -0.2) is 36.3 Å². The Morgan fingerprint density at radius 3 is 2.30 bits per heavy atom. The van der Waals surface area contributed by atoms with E-state index in [1.807, 2.05) is 36.4 Å². The first kappa shape index (κ1) is 20.5. The molecular formula is C21H26N2O4. The highest BCUT2D eigenvalue weighted by Crippen LogP contribution is 2.17. The van der Waals surface area contributed by atoms with E-state index in [1.165, 1.54) is 5.56 Å². The molecule has 0 saturated heterocycles. The third-order valence-corrected chi connectivity index (χ3v) is 4.05. The van der Waals surface area contributed by atoms with Crippen molar-refractivity contribution < 1.29 is 19.4 Å². The van der Waals surface area contributed by atoms with Crippen LogP contribution in [-0.2, 0) is 16.0 Å². The molecule has 0 heterocycles. The molecule has 0 aliphatic heterocycles. The molecule has 27 heavy (non-hydrogen) atoms. The van der Waals surface area contributed by atoms with Gasteiger partial charge >= 0.3 is 12.0 Å². The fourth-order valence-corrected chi connectivity index (χ4v) is 2.67. The zero-order valence-electron chi connectivity index (χ0n) is 15.4. The second kappa shape index (κ2) is 11.0. The van der Waals surface area contributed by atoms with E-state index in [0.717, 1.165) is 12.8 Å². The van der Waals surface area contributed by atoms with Crippen LogP contribution >= 0.6 is 0 Å². The highest BCUT2D eigenvalue weighted by Gasteiger charge is 2.30. The van der Waals surface area contributed by atoms with Crippen molar-refractivity contribution in [2.75, 3.05) is 13.2 Å². The molecule has 2 aromatic carbocycles. The molecule has 3 N–H and O–H groups in total. The Bertz CT molecular complexity index is 707. The summed E-state index contributed by atoms with van der Waals surface area (Å²) in [4.78, 5) is 24.4. The third-order valence-electron chi connectivity index (χ3n) is 4.05. The van der Waals surface area contributed by atoms with E-state index in [4.69, 9.17) is 4.74 Å². The highest BCUT2D eigenvalue weighted by molar-refractivity contribution is 5.84. The summed E-state index contributed by atoms with van der Waals surface area (Å²) >= 11 is 0. The van der Waals surface area contributed by atoms with Gasteiger partial charge in [-0.15, -0.1) is 0 Å². The zero-order chi connectivity index (χ0) is 19.5. The first-order chi connectivity index (χ1) is 13.1. The van der Waals surface area contributed by atoms with Gasteiger partial charge in [-0.25, -0.2) is 9.59 Å². The summed E-state index contributed by atoms with van der Waals surface area (Å²) in [7, 11) is 0. The Kier molecular flexibility index (Phi) is 8.32. The van der Waals surface area contributed by atoms with Crippen LogP contribution in [0.25, 0.3) is 0 Å². The maximum Gasteiger partial charge on any atom is 0.331 e. The number of esters is 1. The predicted octanol–water partition coefficient (Wildman–Crippen LogP) is 2.58. The lowest BCUT2D eigenvalue weighted by Gasteiger charge is -2.23. The quantitative estimate of drug-likeness (QED) is 0.468. The topological polar surface area (TPSA) is 87.7 Å². The number of carbonyl (C=O) groups excluding carboxylic acids is 2. The van der Waals surface area contributed by atoms with Gasteiger partial charge in [-0.3, -0.25) is 0 Å². The van der Waals surface area contributed by atoms with Gasteiger partial charge in [0.15, 0.2) is 6.04 Å². The fourth-order valence-electron chi connectivity index (χ4n) is 2.67. The molecule has 0 aliphatic rings. The number of carbonyl (C=O) groups is 2. The molecule has 2 aromatic rings. The van der Waals surface area contributed by atoms with Gasteiger partial charge in [0, 0.05) is 6.54 Å². The summed E-state index contributed by atoms with van der Waals surface area (Å²) in [5, 5.41) is 15.7. The Morgan fingerprint density at radius 1 is 1.04 bits per heavy atom. The first-order valence-electron chi connectivity index (χ1n) is 9.09. The van der Waals surface area contributed by atoms with E-state index in [0.29, 0.717) is 12.1 Å². The lowest BCUT2D eigenvalue weighted by molar-refractivity contribution is -0.148. The van der Waals surface area contributed by atoms with Crippen LogP contribution in [0.15, 0.2) is 60.7 Å². The number of aliphatic hydroxyl groups is 1. The lowest BCUT2D eigenvalue weighted by atomic mass is 10.0. The van der Waals surface area contributed by atoms with E-state index in [-0.39, 0.29) is 6.61 Å². The molecule has 6 nitrogen and oxygen atoms in total. The number of hydrogen-bond acceptors (Lipinski definition) is 4. The SMILES string of the molecule is CCOC(=O)C(NC(=O)NCCCc1ccccc1)C(O)c1ccccc1. The van der Waals surface area contributed by atoms with Gasteiger partial charge in [0.25, 0.3) is 0 Å². The summed E-state index contributed by atoms with van der Waals surface area (Å²) in [5.41, 5.74) is 1.73. The Labute approximate surface area is 159 Å². The monoisotopic (exact) mass is 370 g/mol. The summed E-state index contributed by atoms with van der Waals surface area (Å²) in [6.07, 6.45) is 0.415. The van der Waals surface area contributed by atoms with Crippen LogP contribution in [0.5, 0.6) is 0 Å². The minimum absolute atomic E-state index is 0.164. The maximum atomic E-state index is 12.2. The molecule has 0 bridgehead atoms. The smallest absolute Gasteiger partial charge is 0.331 e. The molecule has 0 aromatic heterocycles. The summed E-state index contributed by atoms with van der Waals surface area (Å²) in [5.74, 6) is -0.673. The Balaban J connectivity index is 1.87. The van der Waals surface area contributed by atoms with Gasteiger partial charge in [0.2, 0.25) is 0 Å². The van der Waals surface area contributed by atoms with Crippen molar-refractivity contribution >= 4 is 12.0 Å². The second-order valence-corrected chi connectivity index (χ2v) is 6.07. The molecule has 2 amide bonds. The summed E-state index contributed by atoms with van der Waals surface area (Å²) in [6.45, 7) is 2.29. The molecule has 0 fully saturated rings. The van der Waals surface area contributed by atoms with Crippen molar-refractivity contribution in [3.05, 3.63) is 71.8 Å². The van der Waals surface area contributed by atoms with Gasteiger partial charge < -0.3 is 20.5 Å². The molecule has 2 unspecified atom stereocenters. The van der Waals surface area contributed by atoms with Gasteiger partial charge in [0.05, 0.1) is 6.61 Å². The van der Waals surface area contributed by atoms with Gasteiger partial charge in [-0.1, -0.05) is 60.7 Å². The first-order valence-corrected chi connectivity index (χ1v) is 9.09. The number of urea groups is 1. The standard InChI is InChI=1S/C21H26N2O4/c1-2-27-20(25)18(19(24)17-13-7-4-8-14-17)23-21(26)22-15-9-12-16-10-5-3-6-11-16/h3-8,10-11,13-14,18-19,24H,2,9,12,15H2,1H3,(H2,22,23,26). The summed E-state index contributed by atoms with van der Waals surface area (Å²) in [6, 6.07) is 17.0. The molecule has 2 rings (SSSR count). The number of aliphatic hydroxyl groups excluding tert-OH is 1. The van der Waals surface area contributed by atoms with Crippen LogP contribution in [0, 0.1) is 0 Å². The molecule has 2 atom stereocenters. The van der Waals surface area contributed by atoms with Crippen LogP contribution in [0.3, 0.4) is 0 Å². The number of amides is 2. The third kappa shape index (κ3) is 6.75. The number of benzene rings is 2. The Hall–Kier alpha value is -2.86. The van der Waals surface area contributed by atoms with Crippen LogP contribution < -0.4 is 10.6 Å². The molecule has 144 valence electrons. The number of nitrogens with one attached hydrogen (secondary N) is 2.